The SMILES string of the molecule is c1ccc(-c2ccc(-c3cc(-c4ccccc4)nc(-c4cccc(-n5c6ccccc6c6cc7c(cc65)-c5ccccc5C75c6ccccc6-c6ccccc65)c4)n3)cc2)cc1. The first-order chi connectivity index (χ1) is 30.7. The van der Waals surface area contributed by atoms with Crippen molar-refractivity contribution in [3.8, 4) is 73.0 Å². The number of hydrogen-bond donors (Lipinski definition) is 0. The molecule has 62 heavy (non-hydrogen) atoms. The van der Waals surface area contributed by atoms with Gasteiger partial charge < -0.3 is 4.57 Å². The summed E-state index contributed by atoms with van der Waals surface area (Å²) in [6, 6.07) is 81.4. The molecule has 0 aliphatic heterocycles. The van der Waals surface area contributed by atoms with Gasteiger partial charge in [-0.2, -0.15) is 0 Å². The van der Waals surface area contributed by atoms with E-state index in [0.717, 1.165) is 39.3 Å². The molecule has 13 rings (SSSR count). The molecule has 11 aromatic rings. The molecule has 0 atom stereocenters. The molecular weight excluding hydrogens is 751 g/mol. The molecule has 0 radical (unpaired) electrons. The second kappa shape index (κ2) is 13.4. The van der Waals surface area contributed by atoms with Gasteiger partial charge in [0.15, 0.2) is 5.82 Å². The highest BCUT2D eigenvalue weighted by molar-refractivity contribution is 6.12. The Balaban J connectivity index is 1.00. The van der Waals surface area contributed by atoms with Crippen LogP contribution >= 0.6 is 0 Å². The third kappa shape index (κ3) is 5.00. The molecule has 2 aliphatic rings. The van der Waals surface area contributed by atoms with E-state index in [0.29, 0.717) is 5.82 Å². The second-order valence-corrected chi connectivity index (χ2v) is 16.5. The molecule has 9 aromatic carbocycles. The van der Waals surface area contributed by atoms with E-state index in [-0.39, 0.29) is 0 Å². The predicted octanol–water partition coefficient (Wildman–Crippen LogP) is 14.6. The Morgan fingerprint density at radius 1 is 0.306 bits per heavy atom. The van der Waals surface area contributed by atoms with Crippen molar-refractivity contribution in [3.05, 3.63) is 247 Å². The normalized spacial score (nSPS) is 13.0. The maximum atomic E-state index is 5.28. The van der Waals surface area contributed by atoms with E-state index < -0.39 is 5.41 Å². The zero-order chi connectivity index (χ0) is 40.8. The molecule has 0 bridgehead atoms. The van der Waals surface area contributed by atoms with Gasteiger partial charge in [0.05, 0.1) is 27.8 Å². The number of nitrogens with zero attached hydrogens (tertiary/aromatic N) is 3. The van der Waals surface area contributed by atoms with Crippen LogP contribution in [0.15, 0.2) is 224 Å². The molecular formula is C59H37N3. The third-order valence-corrected chi connectivity index (χ3v) is 13.2. The van der Waals surface area contributed by atoms with E-state index in [1.807, 2.05) is 6.07 Å². The smallest absolute Gasteiger partial charge is 0.160 e. The molecule has 1 spiro atoms. The summed E-state index contributed by atoms with van der Waals surface area (Å²) < 4.78 is 2.43. The van der Waals surface area contributed by atoms with Gasteiger partial charge in [0, 0.05) is 33.2 Å². The minimum absolute atomic E-state index is 0.406. The molecule has 288 valence electrons. The minimum atomic E-state index is -0.406. The Hall–Kier alpha value is -8.14. The van der Waals surface area contributed by atoms with Crippen molar-refractivity contribution in [2.45, 2.75) is 5.41 Å². The highest BCUT2D eigenvalue weighted by atomic mass is 15.0. The van der Waals surface area contributed by atoms with E-state index in [2.05, 4.69) is 223 Å². The summed E-state index contributed by atoms with van der Waals surface area (Å²) in [5, 5.41) is 2.47. The number of hydrogen-bond acceptors (Lipinski definition) is 2. The van der Waals surface area contributed by atoms with Crippen LogP contribution in [0, 0.1) is 0 Å². The van der Waals surface area contributed by atoms with Crippen LogP contribution in [-0.2, 0) is 5.41 Å². The van der Waals surface area contributed by atoms with Gasteiger partial charge in [-0.05, 0) is 92.0 Å². The lowest BCUT2D eigenvalue weighted by Crippen LogP contribution is -2.25. The number of rotatable bonds is 5. The predicted molar refractivity (Wildman–Crippen MR) is 254 cm³/mol. The van der Waals surface area contributed by atoms with Crippen LogP contribution in [0.2, 0.25) is 0 Å². The monoisotopic (exact) mass is 787 g/mol. The standard InChI is InChI=1S/C59H37N3/c1-3-16-38(17-4-1)39-30-32-41(33-31-39)55-37-54(40-18-5-2-6-19-40)60-58(61-55)42-20-15-21-43(34-42)62-56-29-14-10-25-47(56)49-35-53-48(36-57(49)62)46-24-9-13-28-52(46)59(53)50-26-11-7-22-44(50)45-23-8-12-27-51(45)59/h1-37H. The van der Waals surface area contributed by atoms with E-state index in [1.165, 1.54) is 71.9 Å². The van der Waals surface area contributed by atoms with Crippen molar-refractivity contribution >= 4 is 21.8 Å². The number of aromatic nitrogens is 3. The van der Waals surface area contributed by atoms with Crippen molar-refractivity contribution in [1.82, 2.24) is 14.5 Å². The van der Waals surface area contributed by atoms with Crippen LogP contribution < -0.4 is 0 Å². The van der Waals surface area contributed by atoms with Gasteiger partial charge in [0.25, 0.3) is 0 Å². The molecule has 2 aromatic heterocycles. The van der Waals surface area contributed by atoms with Crippen LogP contribution in [0.25, 0.3) is 94.8 Å². The highest BCUT2D eigenvalue weighted by Crippen LogP contribution is 2.63. The Morgan fingerprint density at radius 3 is 1.47 bits per heavy atom. The van der Waals surface area contributed by atoms with Crippen molar-refractivity contribution in [1.29, 1.82) is 0 Å². The summed E-state index contributed by atoms with van der Waals surface area (Å²) in [4.78, 5) is 10.5. The number of fused-ring (bicyclic) bond motifs is 13. The van der Waals surface area contributed by atoms with Crippen molar-refractivity contribution < 1.29 is 0 Å². The topological polar surface area (TPSA) is 30.7 Å². The number of benzene rings is 9. The van der Waals surface area contributed by atoms with Crippen molar-refractivity contribution in [2.75, 3.05) is 0 Å². The average molecular weight is 788 g/mol. The van der Waals surface area contributed by atoms with Crippen LogP contribution in [0.3, 0.4) is 0 Å². The maximum Gasteiger partial charge on any atom is 0.160 e. The first-order valence-corrected chi connectivity index (χ1v) is 21.3. The highest BCUT2D eigenvalue weighted by Gasteiger charge is 2.51. The van der Waals surface area contributed by atoms with Gasteiger partial charge in [-0.25, -0.2) is 9.97 Å². The van der Waals surface area contributed by atoms with Crippen LogP contribution in [-0.4, -0.2) is 14.5 Å². The molecule has 0 unspecified atom stereocenters. The molecule has 2 heterocycles. The van der Waals surface area contributed by atoms with E-state index >= 15 is 0 Å². The van der Waals surface area contributed by atoms with Crippen LogP contribution in [0.4, 0.5) is 0 Å². The van der Waals surface area contributed by atoms with E-state index in [9.17, 15) is 0 Å². The number of para-hydroxylation sites is 1. The minimum Gasteiger partial charge on any atom is -0.309 e. The van der Waals surface area contributed by atoms with Gasteiger partial charge in [-0.15, -0.1) is 0 Å². The lowest BCUT2D eigenvalue weighted by atomic mass is 9.70. The van der Waals surface area contributed by atoms with Gasteiger partial charge in [0.2, 0.25) is 0 Å². The first-order valence-electron chi connectivity index (χ1n) is 21.3. The molecule has 0 saturated carbocycles. The van der Waals surface area contributed by atoms with Crippen LogP contribution in [0.1, 0.15) is 22.3 Å². The van der Waals surface area contributed by atoms with E-state index in [4.69, 9.17) is 9.97 Å². The molecule has 2 aliphatic carbocycles. The van der Waals surface area contributed by atoms with Crippen molar-refractivity contribution in [2.24, 2.45) is 0 Å². The lowest BCUT2D eigenvalue weighted by Gasteiger charge is -2.30. The fourth-order valence-corrected chi connectivity index (χ4v) is 10.6. The van der Waals surface area contributed by atoms with Gasteiger partial charge in [-0.1, -0.05) is 188 Å². The Kier molecular flexibility index (Phi) is 7.52. The largest absolute Gasteiger partial charge is 0.309 e. The average Bonchev–Trinajstić information content (AvgIpc) is 3.95. The first kappa shape index (κ1) is 34.7. The third-order valence-electron chi connectivity index (χ3n) is 13.2. The summed E-state index contributed by atoms with van der Waals surface area (Å²) in [5.74, 6) is 0.687. The fourth-order valence-electron chi connectivity index (χ4n) is 10.6. The summed E-state index contributed by atoms with van der Waals surface area (Å²) in [6.45, 7) is 0. The van der Waals surface area contributed by atoms with Crippen molar-refractivity contribution in [3.63, 3.8) is 0 Å². The Bertz CT molecular complexity index is 3520. The van der Waals surface area contributed by atoms with Crippen LogP contribution in [0.5, 0.6) is 0 Å². The van der Waals surface area contributed by atoms with Gasteiger partial charge >= 0.3 is 0 Å². The van der Waals surface area contributed by atoms with Gasteiger partial charge in [0.1, 0.15) is 0 Å². The summed E-state index contributed by atoms with van der Waals surface area (Å²) in [6.07, 6.45) is 0. The summed E-state index contributed by atoms with van der Waals surface area (Å²) >= 11 is 0. The van der Waals surface area contributed by atoms with E-state index in [1.54, 1.807) is 0 Å². The molecule has 3 heteroatoms. The molecule has 0 amide bonds. The zero-order valence-corrected chi connectivity index (χ0v) is 33.7. The maximum absolute atomic E-state index is 5.28. The second-order valence-electron chi connectivity index (χ2n) is 16.5. The van der Waals surface area contributed by atoms with Gasteiger partial charge in [-0.3, -0.25) is 0 Å². The molecule has 3 nitrogen and oxygen atoms in total. The molecule has 0 saturated heterocycles. The zero-order valence-electron chi connectivity index (χ0n) is 33.7. The molecule has 0 N–H and O–H groups in total. The quantitative estimate of drug-likeness (QED) is 0.174. The Labute approximate surface area is 359 Å². The summed E-state index contributed by atoms with van der Waals surface area (Å²) in [7, 11) is 0. The summed E-state index contributed by atoms with van der Waals surface area (Å²) in [5.41, 5.74) is 20.8. The fraction of sp³-hybridized carbons (Fsp3) is 0.0169. The Morgan fingerprint density at radius 2 is 0.806 bits per heavy atom. The lowest BCUT2D eigenvalue weighted by molar-refractivity contribution is 0.795. The molecule has 0 fully saturated rings.